The van der Waals surface area contributed by atoms with Gasteiger partial charge in [0.1, 0.15) is 78.8 Å². The van der Waals surface area contributed by atoms with Crippen molar-refractivity contribution < 1.29 is 95.9 Å². The average Bonchev–Trinajstić information content (AvgIpc) is 0.872. The van der Waals surface area contributed by atoms with Crippen molar-refractivity contribution in [3.63, 3.8) is 0 Å². The third kappa shape index (κ3) is 23.0. The van der Waals surface area contributed by atoms with Crippen molar-refractivity contribution in [3.05, 3.63) is 108 Å². The summed E-state index contributed by atoms with van der Waals surface area (Å²) >= 11 is 0. The molecule has 0 unspecified atom stereocenters. The molecule has 3 aromatic carbocycles. The zero-order chi connectivity index (χ0) is 63.9. The van der Waals surface area contributed by atoms with E-state index in [2.05, 4.69) is 31.9 Å². The van der Waals surface area contributed by atoms with Crippen LogP contribution in [0.25, 0.3) is 0 Å². The van der Waals surface area contributed by atoms with Crippen molar-refractivity contribution in [1.29, 1.82) is 0 Å². The number of ether oxygens (including phenoxy) is 11. The number of carbonyl (C=O) groups is 7. The fraction of sp³-hybridized carbons (Fsp3) is 0.590. The molecule has 0 radical (unpaired) electrons. The minimum Gasteiger partial charge on any atom is -0.459 e. The molecule has 26 nitrogen and oxygen atoms in total. The number of esters is 1. The Balaban J connectivity index is 1.45. The van der Waals surface area contributed by atoms with Crippen LogP contribution in [0.3, 0.4) is 0 Å². The molecule has 0 aromatic heterocycles. The zero-order valence-corrected chi connectivity index (χ0v) is 51.4. The van der Waals surface area contributed by atoms with Gasteiger partial charge in [-0.3, -0.25) is 0 Å². The summed E-state index contributed by atoms with van der Waals surface area (Å²) in [7, 11) is 0. The maximum Gasteiger partial charge on any atom is 0.408 e. The predicted molar refractivity (Wildman–Crippen MR) is 310 cm³/mol. The Morgan fingerprint density at radius 1 is 0.471 bits per heavy atom. The van der Waals surface area contributed by atoms with Crippen LogP contribution in [0.15, 0.2) is 91.0 Å². The summed E-state index contributed by atoms with van der Waals surface area (Å²) in [6.45, 7) is 18.6. The normalized spacial score (nSPS) is 25.8. The van der Waals surface area contributed by atoms with Crippen LogP contribution in [-0.4, -0.2) is 168 Å². The van der Waals surface area contributed by atoms with Gasteiger partial charge >= 0.3 is 42.5 Å². The molecule has 26 heteroatoms. The van der Waals surface area contributed by atoms with Gasteiger partial charge in [0, 0.05) is 6.54 Å². The number of hydrogen-bond acceptors (Lipinski definition) is 20. The van der Waals surface area contributed by atoms with Crippen LogP contribution in [0, 0.1) is 0 Å². The fourth-order valence-electron chi connectivity index (χ4n) is 9.46. The molecule has 1 saturated carbocycles. The fourth-order valence-corrected chi connectivity index (χ4v) is 9.46. The number of nitrogens with one attached hydrogen (secondary N) is 6. The molecule has 87 heavy (non-hydrogen) atoms. The van der Waals surface area contributed by atoms with E-state index < -0.39 is 151 Å². The molecule has 480 valence electrons. The van der Waals surface area contributed by atoms with Gasteiger partial charge in [-0.25, -0.2) is 33.6 Å². The van der Waals surface area contributed by atoms with Gasteiger partial charge in [0.25, 0.3) is 0 Å². The van der Waals surface area contributed by atoms with E-state index in [-0.39, 0.29) is 44.6 Å². The summed E-state index contributed by atoms with van der Waals surface area (Å²) in [5.41, 5.74) is -2.57. The van der Waals surface area contributed by atoms with E-state index in [1.165, 1.54) is 12.1 Å². The highest BCUT2D eigenvalue weighted by Crippen LogP contribution is 2.34. The molecule has 6 amide bonds. The first-order chi connectivity index (χ1) is 40.8. The number of carbonyl (C=O) groups excluding carboxylic acids is 7. The van der Waals surface area contributed by atoms with E-state index >= 15 is 0 Å². The standard InChI is InChI=1S/C61H86N6O20/c1-58(2,3)84-52(71)62-31-38-28-29-39(63-55(74)85-59(4,5)6)50(80-38)82-47-41(65-56(75)86-60(7,8)9)30-40(64-53(72)78-32-35-22-16-13-17-23-35)48(46(47)69)83-51-44(67-57(76)87-61(10,11)12)43(66-54(73)79-33-36-24-18-14-19-25-36)45(68)42(81-51)34-77-49(70)37-26-20-15-21-27-37/h13-27,38-48,50-51,68-69H,28-34H2,1-12H3,(H,62,71)(H,63,74)(H,64,72)(H,65,75)(H,66,73)(H,67,76)/t38-,39+,40+,41-,42+,43+,44+,45+,46-,47+,48-,50+,51+/m0/s1. The SMILES string of the molecule is CC(C)(C)OC(=O)NC[C@@H]1CC[C@@H](NC(=O)OC(C)(C)C)[C@@H](O[C@H]2[C@H](O)[C@@H](O[C@H]3O[C@H](COC(=O)c4ccccc4)[C@@H](O)[C@H](NC(=O)OCc4ccccc4)[C@H]3NC(=O)OC(C)(C)C)[C@H](NC(=O)OCc3ccccc3)C[C@@H]2NC(=O)OC(C)(C)C)O1. The summed E-state index contributed by atoms with van der Waals surface area (Å²) < 4.78 is 65.9. The van der Waals surface area contributed by atoms with Crippen molar-refractivity contribution in [2.75, 3.05) is 13.2 Å². The number of rotatable bonds is 18. The molecule has 6 rings (SSSR count). The van der Waals surface area contributed by atoms with Crippen molar-refractivity contribution in [2.45, 2.75) is 217 Å². The predicted octanol–water partition coefficient (Wildman–Crippen LogP) is 6.76. The van der Waals surface area contributed by atoms with Crippen molar-refractivity contribution >= 4 is 42.5 Å². The van der Waals surface area contributed by atoms with Crippen LogP contribution < -0.4 is 31.9 Å². The van der Waals surface area contributed by atoms with Crippen LogP contribution in [0.2, 0.25) is 0 Å². The molecule has 2 heterocycles. The molecule has 0 spiro atoms. The van der Waals surface area contributed by atoms with Crippen molar-refractivity contribution in [2.24, 2.45) is 0 Å². The van der Waals surface area contributed by atoms with Crippen LogP contribution in [0.1, 0.15) is 124 Å². The molecule has 0 bridgehead atoms. The number of aliphatic hydroxyl groups is 2. The second kappa shape index (κ2) is 30.4. The molecule has 8 N–H and O–H groups in total. The highest BCUT2D eigenvalue weighted by Gasteiger charge is 2.55. The van der Waals surface area contributed by atoms with Crippen LogP contribution in [0.4, 0.5) is 28.8 Å². The van der Waals surface area contributed by atoms with Gasteiger partial charge in [-0.15, -0.1) is 0 Å². The lowest BCUT2D eigenvalue weighted by molar-refractivity contribution is -0.299. The van der Waals surface area contributed by atoms with Gasteiger partial charge in [-0.2, -0.15) is 0 Å². The second-order valence-corrected chi connectivity index (χ2v) is 25.2. The molecule has 3 fully saturated rings. The van der Waals surface area contributed by atoms with E-state index in [0.29, 0.717) is 11.1 Å². The van der Waals surface area contributed by atoms with E-state index in [1.807, 2.05) is 0 Å². The number of amides is 6. The first-order valence-corrected chi connectivity index (χ1v) is 28.9. The van der Waals surface area contributed by atoms with Crippen LogP contribution >= 0.6 is 0 Å². The van der Waals surface area contributed by atoms with Crippen molar-refractivity contribution in [3.8, 4) is 0 Å². The lowest BCUT2D eigenvalue weighted by Gasteiger charge is -2.50. The highest BCUT2D eigenvalue weighted by molar-refractivity contribution is 5.89. The number of benzene rings is 3. The minimum atomic E-state index is -2.02. The first kappa shape index (κ1) is 68.6. The molecule has 1 aliphatic carbocycles. The molecular weight excluding hydrogens is 1140 g/mol. The maximum absolute atomic E-state index is 14.1. The summed E-state index contributed by atoms with van der Waals surface area (Å²) in [4.78, 5) is 95.7. The zero-order valence-electron chi connectivity index (χ0n) is 51.4. The van der Waals surface area contributed by atoms with Gasteiger partial charge in [-0.05, 0) is 126 Å². The Kier molecular flexibility index (Phi) is 24.0. The van der Waals surface area contributed by atoms with Gasteiger partial charge in [-0.1, -0.05) is 78.9 Å². The third-order valence-corrected chi connectivity index (χ3v) is 13.1. The smallest absolute Gasteiger partial charge is 0.408 e. The summed E-state index contributed by atoms with van der Waals surface area (Å²) in [5.74, 6) is -0.818. The first-order valence-electron chi connectivity index (χ1n) is 28.9. The Morgan fingerprint density at radius 3 is 1.40 bits per heavy atom. The van der Waals surface area contributed by atoms with E-state index in [4.69, 9.17) is 52.1 Å². The lowest BCUT2D eigenvalue weighted by atomic mass is 9.83. The summed E-state index contributed by atoms with van der Waals surface area (Å²) in [6, 6.07) is 18.3. The van der Waals surface area contributed by atoms with Crippen LogP contribution in [0.5, 0.6) is 0 Å². The molecule has 2 saturated heterocycles. The second-order valence-electron chi connectivity index (χ2n) is 25.2. The van der Waals surface area contributed by atoms with E-state index in [1.54, 1.807) is 162 Å². The Bertz CT molecular complexity index is 2740. The quantitative estimate of drug-likeness (QED) is 0.0481. The largest absolute Gasteiger partial charge is 0.459 e. The number of aliphatic hydroxyl groups excluding tert-OH is 2. The number of hydrogen-bond donors (Lipinski definition) is 8. The highest BCUT2D eigenvalue weighted by atomic mass is 16.7. The van der Waals surface area contributed by atoms with Gasteiger partial charge < -0.3 is 94.2 Å². The van der Waals surface area contributed by atoms with Crippen LogP contribution in [-0.2, 0) is 65.3 Å². The average molecular weight is 1220 g/mol. The monoisotopic (exact) mass is 1220 g/mol. The lowest BCUT2D eigenvalue weighted by Crippen LogP contribution is -2.72. The molecule has 3 aliphatic rings. The minimum absolute atomic E-state index is 0.0999. The van der Waals surface area contributed by atoms with E-state index in [0.717, 1.165) is 0 Å². The topological polar surface area (TPSA) is 334 Å². The number of alkyl carbamates (subject to hydrolysis) is 6. The van der Waals surface area contributed by atoms with Gasteiger partial charge in [0.05, 0.1) is 35.8 Å². The van der Waals surface area contributed by atoms with Gasteiger partial charge in [0.15, 0.2) is 12.6 Å². The molecule has 13 atom stereocenters. The van der Waals surface area contributed by atoms with Crippen molar-refractivity contribution in [1.82, 2.24) is 31.9 Å². The van der Waals surface area contributed by atoms with E-state index in [9.17, 15) is 43.8 Å². The molecule has 3 aromatic rings. The molecular formula is C61H86N6O20. The molecule has 2 aliphatic heterocycles. The maximum atomic E-state index is 14.1. The van der Waals surface area contributed by atoms with Gasteiger partial charge in [0.2, 0.25) is 0 Å². The third-order valence-electron chi connectivity index (χ3n) is 13.1. The Morgan fingerprint density at radius 2 is 0.897 bits per heavy atom. The summed E-state index contributed by atoms with van der Waals surface area (Å²) in [5, 5.41) is 41.7. The Labute approximate surface area is 506 Å². The summed E-state index contributed by atoms with van der Waals surface area (Å²) in [6.07, 6.45) is -18.7. The Hall–Kier alpha value is -7.49.